The van der Waals surface area contributed by atoms with Crippen LogP contribution >= 0.6 is 0 Å². The van der Waals surface area contributed by atoms with Crippen molar-refractivity contribution in [2.75, 3.05) is 25.1 Å². The molecule has 0 saturated heterocycles. The minimum absolute atomic E-state index is 0.642. The molecule has 0 bridgehead atoms. The van der Waals surface area contributed by atoms with E-state index in [1.54, 1.807) is 0 Å². The fourth-order valence-corrected chi connectivity index (χ4v) is 2.06. The zero-order chi connectivity index (χ0) is 14.9. The summed E-state index contributed by atoms with van der Waals surface area (Å²) in [5.74, 6) is 1.70. The van der Waals surface area contributed by atoms with E-state index >= 15 is 0 Å². The molecule has 1 aromatic heterocycles. The molecule has 21 heavy (non-hydrogen) atoms. The Balaban J connectivity index is 2.00. The van der Waals surface area contributed by atoms with Crippen molar-refractivity contribution in [2.24, 2.45) is 0 Å². The summed E-state index contributed by atoms with van der Waals surface area (Å²) in [5, 5.41) is 3.40. The SMILES string of the molecule is CCOc1ccc(OCC)c(NCCc2ccccn2)c1. The number of pyridine rings is 1. The Labute approximate surface area is 126 Å². The Morgan fingerprint density at radius 2 is 1.90 bits per heavy atom. The predicted octanol–water partition coefficient (Wildman–Crippen LogP) is 3.53. The van der Waals surface area contributed by atoms with Gasteiger partial charge in [0, 0.05) is 30.9 Å². The minimum Gasteiger partial charge on any atom is -0.494 e. The monoisotopic (exact) mass is 286 g/mol. The lowest BCUT2D eigenvalue weighted by Gasteiger charge is -2.14. The Morgan fingerprint density at radius 1 is 1.05 bits per heavy atom. The first-order valence-electron chi connectivity index (χ1n) is 7.37. The van der Waals surface area contributed by atoms with Crippen LogP contribution in [0.3, 0.4) is 0 Å². The third kappa shape index (κ3) is 4.67. The van der Waals surface area contributed by atoms with Gasteiger partial charge in [0.15, 0.2) is 0 Å². The molecule has 0 amide bonds. The highest BCUT2D eigenvalue weighted by Crippen LogP contribution is 2.29. The van der Waals surface area contributed by atoms with E-state index in [0.29, 0.717) is 13.2 Å². The molecular weight excluding hydrogens is 264 g/mol. The predicted molar refractivity (Wildman–Crippen MR) is 85.2 cm³/mol. The van der Waals surface area contributed by atoms with Gasteiger partial charge in [-0.05, 0) is 38.1 Å². The van der Waals surface area contributed by atoms with Crippen molar-refractivity contribution >= 4 is 5.69 Å². The molecule has 0 fully saturated rings. The molecule has 112 valence electrons. The average Bonchev–Trinajstić information content (AvgIpc) is 2.51. The van der Waals surface area contributed by atoms with E-state index in [4.69, 9.17) is 9.47 Å². The summed E-state index contributed by atoms with van der Waals surface area (Å²) in [5.41, 5.74) is 2.03. The fraction of sp³-hybridized carbons (Fsp3) is 0.353. The zero-order valence-corrected chi connectivity index (χ0v) is 12.6. The van der Waals surface area contributed by atoms with Gasteiger partial charge < -0.3 is 14.8 Å². The van der Waals surface area contributed by atoms with E-state index in [9.17, 15) is 0 Å². The Hall–Kier alpha value is -2.23. The second-order valence-electron chi connectivity index (χ2n) is 4.52. The van der Waals surface area contributed by atoms with Crippen LogP contribution in [0.5, 0.6) is 11.5 Å². The molecular formula is C17H22N2O2. The Kier molecular flexibility index (Phi) is 5.88. The van der Waals surface area contributed by atoms with Gasteiger partial charge >= 0.3 is 0 Å². The number of rotatable bonds is 8. The van der Waals surface area contributed by atoms with Gasteiger partial charge in [0.2, 0.25) is 0 Å². The summed E-state index contributed by atoms with van der Waals surface area (Å²) >= 11 is 0. The van der Waals surface area contributed by atoms with Crippen LogP contribution in [0.4, 0.5) is 5.69 Å². The Bertz CT molecular complexity index is 544. The lowest BCUT2D eigenvalue weighted by Crippen LogP contribution is -2.08. The molecule has 0 atom stereocenters. The molecule has 1 heterocycles. The van der Waals surface area contributed by atoms with Crippen LogP contribution in [-0.2, 0) is 6.42 Å². The Morgan fingerprint density at radius 3 is 2.62 bits per heavy atom. The van der Waals surface area contributed by atoms with Gasteiger partial charge in [-0.3, -0.25) is 4.98 Å². The highest BCUT2D eigenvalue weighted by Gasteiger charge is 2.05. The first-order valence-corrected chi connectivity index (χ1v) is 7.37. The standard InChI is InChI=1S/C17H22N2O2/c1-3-20-15-8-9-17(21-4-2)16(13-15)19-12-10-14-7-5-6-11-18-14/h5-9,11,13,19H,3-4,10,12H2,1-2H3. The number of hydrogen-bond donors (Lipinski definition) is 1. The van der Waals surface area contributed by atoms with Crippen molar-refractivity contribution in [3.63, 3.8) is 0 Å². The topological polar surface area (TPSA) is 43.4 Å². The van der Waals surface area contributed by atoms with Crippen molar-refractivity contribution in [2.45, 2.75) is 20.3 Å². The van der Waals surface area contributed by atoms with Crippen molar-refractivity contribution in [1.29, 1.82) is 0 Å². The lowest BCUT2D eigenvalue weighted by molar-refractivity contribution is 0.332. The summed E-state index contributed by atoms with van der Waals surface area (Å²) in [7, 11) is 0. The molecule has 0 aliphatic rings. The number of nitrogens with zero attached hydrogens (tertiary/aromatic N) is 1. The highest BCUT2D eigenvalue weighted by molar-refractivity contribution is 5.59. The van der Waals surface area contributed by atoms with E-state index in [1.165, 1.54) is 0 Å². The molecule has 2 aromatic rings. The molecule has 0 spiro atoms. The van der Waals surface area contributed by atoms with Crippen molar-refractivity contribution in [1.82, 2.24) is 4.98 Å². The number of aromatic nitrogens is 1. The fourth-order valence-electron chi connectivity index (χ4n) is 2.06. The van der Waals surface area contributed by atoms with Gasteiger partial charge in [-0.2, -0.15) is 0 Å². The van der Waals surface area contributed by atoms with Gasteiger partial charge in [-0.25, -0.2) is 0 Å². The molecule has 0 radical (unpaired) electrons. The molecule has 0 aliphatic carbocycles. The van der Waals surface area contributed by atoms with Crippen LogP contribution in [0.25, 0.3) is 0 Å². The smallest absolute Gasteiger partial charge is 0.142 e. The molecule has 4 nitrogen and oxygen atoms in total. The van der Waals surface area contributed by atoms with Gasteiger partial charge in [-0.1, -0.05) is 6.07 Å². The molecule has 0 unspecified atom stereocenters. The van der Waals surface area contributed by atoms with E-state index < -0.39 is 0 Å². The molecule has 0 aliphatic heterocycles. The van der Waals surface area contributed by atoms with E-state index in [-0.39, 0.29) is 0 Å². The third-order valence-electron chi connectivity index (χ3n) is 2.98. The third-order valence-corrected chi connectivity index (χ3v) is 2.98. The van der Waals surface area contributed by atoms with Gasteiger partial charge in [-0.15, -0.1) is 0 Å². The van der Waals surface area contributed by atoms with Gasteiger partial charge in [0.05, 0.1) is 18.9 Å². The molecule has 0 saturated carbocycles. The number of hydrogen-bond acceptors (Lipinski definition) is 4. The number of anilines is 1. The summed E-state index contributed by atoms with van der Waals surface area (Å²) < 4.78 is 11.2. The number of benzene rings is 1. The maximum Gasteiger partial charge on any atom is 0.142 e. The zero-order valence-electron chi connectivity index (χ0n) is 12.6. The molecule has 1 N–H and O–H groups in total. The average molecular weight is 286 g/mol. The summed E-state index contributed by atoms with van der Waals surface area (Å²) in [6.07, 6.45) is 2.68. The molecule has 4 heteroatoms. The highest BCUT2D eigenvalue weighted by atomic mass is 16.5. The van der Waals surface area contributed by atoms with Crippen molar-refractivity contribution < 1.29 is 9.47 Å². The van der Waals surface area contributed by atoms with Gasteiger partial charge in [0.1, 0.15) is 11.5 Å². The van der Waals surface area contributed by atoms with Crippen molar-refractivity contribution in [3.8, 4) is 11.5 Å². The van der Waals surface area contributed by atoms with Crippen LogP contribution in [0.2, 0.25) is 0 Å². The summed E-state index contributed by atoms with van der Waals surface area (Å²) in [6, 6.07) is 11.8. The minimum atomic E-state index is 0.642. The van der Waals surface area contributed by atoms with E-state index in [2.05, 4.69) is 10.3 Å². The first-order chi connectivity index (χ1) is 10.3. The second-order valence-corrected chi connectivity index (χ2v) is 4.52. The van der Waals surface area contributed by atoms with Crippen LogP contribution in [0.1, 0.15) is 19.5 Å². The quantitative estimate of drug-likeness (QED) is 0.806. The summed E-state index contributed by atoms with van der Waals surface area (Å²) in [4.78, 5) is 4.32. The summed E-state index contributed by atoms with van der Waals surface area (Å²) in [6.45, 7) is 6.05. The number of ether oxygens (including phenoxy) is 2. The van der Waals surface area contributed by atoms with Crippen LogP contribution in [0, 0.1) is 0 Å². The largest absolute Gasteiger partial charge is 0.494 e. The molecule has 2 rings (SSSR count). The van der Waals surface area contributed by atoms with E-state index in [1.807, 2.05) is 56.4 Å². The number of nitrogens with one attached hydrogen (secondary N) is 1. The van der Waals surface area contributed by atoms with Crippen LogP contribution in [0.15, 0.2) is 42.6 Å². The van der Waals surface area contributed by atoms with Crippen molar-refractivity contribution in [3.05, 3.63) is 48.3 Å². The maximum atomic E-state index is 5.64. The molecule has 1 aromatic carbocycles. The van der Waals surface area contributed by atoms with Gasteiger partial charge in [0.25, 0.3) is 0 Å². The first kappa shape index (κ1) is 15.2. The van der Waals surface area contributed by atoms with Crippen LogP contribution in [-0.4, -0.2) is 24.7 Å². The second kappa shape index (κ2) is 8.15. The lowest BCUT2D eigenvalue weighted by atomic mass is 10.2. The maximum absolute atomic E-state index is 5.64. The normalized spacial score (nSPS) is 10.2. The van der Waals surface area contributed by atoms with Crippen LogP contribution < -0.4 is 14.8 Å². The van der Waals surface area contributed by atoms with E-state index in [0.717, 1.165) is 35.8 Å².